The molecule has 0 spiro atoms. The van der Waals surface area contributed by atoms with Crippen LogP contribution in [0.25, 0.3) is 0 Å². The minimum absolute atomic E-state index is 0.00370. The molecule has 43 heavy (non-hydrogen) atoms. The van der Waals surface area contributed by atoms with Crippen molar-refractivity contribution in [2.45, 2.75) is 54.4 Å². The van der Waals surface area contributed by atoms with Crippen LogP contribution in [0.5, 0.6) is 0 Å². The van der Waals surface area contributed by atoms with Gasteiger partial charge in [-0.05, 0) is 85.8 Å². The van der Waals surface area contributed by atoms with Crippen molar-refractivity contribution in [1.29, 1.82) is 0 Å². The Morgan fingerprint density at radius 1 is 0.837 bits per heavy atom. The Morgan fingerprint density at radius 3 is 1.88 bits per heavy atom. The predicted molar refractivity (Wildman–Crippen MR) is 162 cm³/mol. The monoisotopic (exact) mass is 632 g/mol. The number of hydrogen-bond acceptors (Lipinski definition) is 6. The Labute approximate surface area is 253 Å². The molecule has 1 atom stereocenters. The van der Waals surface area contributed by atoms with Crippen LogP contribution in [-0.4, -0.2) is 77.3 Å². The normalized spacial score (nSPS) is 15.7. The van der Waals surface area contributed by atoms with E-state index in [-0.39, 0.29) is 34.1 Å². The van der Waals surface area contributed by atoms with Gasteiger partial charge in [0.05, 0.1) is 16.2 Å². The number of carbonyl (C=O) groups is 1. The van der Waals surface area contributed by atoms with E-state index in [0.717, 1.165) is 55.6 Å². The SMILES string of the molecule is CCN(C(=O)Cc1ccc(S(C)(=O)=O)cc1)C1CCN(CC[C@H](c2ccc(S(C)(=O)=O)cc2)c2ccc(F)c(F)c2)CC1. The minimum Gasteiger partial charge on any atom is -0.340 e. The van der Waals surface area contributed by atoms with E-state index in [1.54, 1.807) is 42.5 Å². The molecule has 1 aliphatic heterocycles. The molecule has 0 unspecified atom stereocenters. The van der Waals surface area contributed by atoms with Gasteiger partial charge in [0, 0.05) is 44.1 Å². The molecule has 3 aromatic rings. The lowest BCUT2D eigenvalue weighted by Crippen LogP contribution is -2.48. The summed E-state index contributed by atoms with van der Waals surface area (Å²) in [5, 5.41) is 0. The third kappa shape index (κ3) is 8.49. The second-order valence-electron chi connectivity index (χ2n) is 11.2. The third-order valence-electron chi connectivity index (χ3n) is 8.16. The van der Waals surface area contributed by atoms with Crippen molar-refractivity contribution in [2.24, 2.45) is 0 Å². The minimum atomic E-state index is -3.37. The lowest BCUT2D eigenvalue weighted by atomic mass is 9.88. The topological polar surface area (TPSA) is 91.8 Å². The second kappa shape index (κ2) is 13.7. The molecule has 0 N–H and O–H groups in total. The number of sulfone groups is 2. The molecule has 0 saturated carbocycles. The molecule has 1 fully saturated rings. The molecular formula is C32H38F2N2O5S2. The summed E-state index contributed by atoms with van der Waals surface area (Å²) >= 11 is 0. The Kier molecular flexibility index (Phi) is 10.4. The fraction of sp³-hybridized carbons (Fsp3) is 0.406. The Morgan fingerprint density at radius 2 is 1.37 bits per heavy atom. The van der Waals surface area contributed by atoms with Crippen LogP contribution >= 0.6 is 0 Å². The molecule has 11 heteroatoms. The van der Waals surface area contributed by atoms with Gasteiger partial charge in [-0.25, -0.2) is 25.6 Å². The zero-order valence-electron chi connectivity index (χ0n) is 24.7. The van der Waals surface area contributed by atoms with Gasteiger partial charge in [-0.3, -0.25) is 4.79 Å². The first-order chi connectivity index (χ1) is 20.3. The molecule has 1 saturated heterocycles. The Balaban J connectivity index is 1.39. The van der Waals surface area contributed by atoms with Crippen LogP contribution in [-0.2, 0) is 30.9 Å². The zero-order chi connectivity index (χ0) is 31.4. The highest BCUT2D eigenvalue weighted by molar-refractivity contribution is 7.91. The molecule has 0 radical (unpaired) electrons. The lowest BCUT2D eigenvalue weighted by Gasteiger charge is -2.38. The predicted octanol–water partition coefficient (Wildman–Crippen LogP) is 4.85. The van der Waals surface area contributed by atoms with Crippen LogP contribution < -0.4 is 0 Å². The quantitative estimate of drug-likeness (QED) is 0.300. The van der Waals surface area contributed by atoms with E-state index >= 15 is 0 Å². The third-order valence-corrected chi connectivity index (χ3v) is 10.4. The fourth-order valence-electron chi connectivity index (χ4n) is 5.74. The summed E-state index contributed by atoms with van der Waals surface area (Å²) in [6, 6.07) is 16.9. The van der Waals surface area contributed by atoms with E-state index in [4.69, 9.17) is 0 Å². The van der Waals surface area contributed by atoms with Gasteiger partial charge in [0.15, 0.2) is 31.3 Å². The summed E-state index contributed by atoms with van der Waals surface area (Å²) in [4.78, 5) is 17.8. The van der Waals surface area contributed by atoms with E-state index in [9.17, 15) is 30.4 Å². The van der Waals surface area contributed by atoms with Crippen molar-refractivity contribution >= 4 is 25.6 Å². The van der Waals surface area contributed by atoms with E-state index in [2.05, 4.69) is 4.90 Å². The number of piperidine rings is 1. The Hall–Kier alpha value is -3.15. The lowest BCUT2D eigenvalue weighted by molar-refractivity contribution is -0.133. The van der Waals surface area contributed by atoms with Crippen molar-refractivity contribution in [3.05, 3.63) is 95.1 Å². The van der Waals surface area contributed by atoms with Crippen LogP contribution in [0, 0.1) is 11.6 Å². The smallest absolute Gasteiger partial charge is 0.227 e. The fourth-order valence-corrected chi connectivity index (χ4v) is 7.00. The standard InChI is InChI=1S/C32H38F2N2O5S2/c1-4-36(32(37)21-23-5-10-27(11-6-23)42(2,38)39)26-15-18-35(19-16-26)20-17-29(25-9-14-30(33)31(34)22-25)24-7-12-28(13-8-24)43(3,40)41/h5-14,22,26,29H,4,15-21H2,1-3H3/t29-/m1/s1. The molecule has 1 amide bonds. The second-order valence-corrected chi connectivity index (χ2v) is 15.2. The van der Waals surface area contributed by atoms with E-state index < -0.39 is 31.3 Å². The largest absolute Gasteiger partial charge is 0.340 e. The number of halogens is 2. The highest BCUT2D eigenvalue weighted by atomic mass is 32.2. The van der Waals surface area contributed by atoms with E-state index in [1.807, 2.05) is 11.8 Å². The maximum Gasteiger partial charge on any atom is 0.227 e. The average Bonchev–Trinajstić information content (AvgIpc) is 2.96. The van der Waals surface area contributed by atoms with Crippen molar-refractivity contribution in [2.75, 3.05) is 38.7 Å². The molecule has 4 rings (SSSR count). The molecule has 232 valence electrons. The van der Waals surface area contributed by atoms with Crippen LogP contribution in [0.1, 0.15) is 48.8 Å². The summed E-state index contributed by atoms with van der Waals surface area (Å²) in [5.74, 6) is -2.10. The number of nitrogens with zero attached hydrogens (tertiary/aromatic N) is 2. The average molecular weight is 633 g/mol. The molecule has 1 aliphatic rings. The van der Waals surface area contributed by atoms with Gasteiger partial charge in [0.25, 0.3) is 0 Å². The summed E-state index contributed by atoms with van der Waals surface area (Å²) in [6.07, 6.45) is 4.71. The van der Waals surface area contributed by atoms with Crippen LogP contribution in [0.15, 0.2) is 76.5 Å². The number of hydrogen-bond donors (Lipinski definition) is 0. The van der Waals surface area contributed by atoms with Gasteiger partial charge < -0.3 is 9.80 Å². The molecule has 0 bridgehead atoms. The van der Waals surface area contributed by atoms with Crippen LogP contribution in [0.3, 0.4) is 0 Å². The molecule has 7 nitrogen and oxygen atoms in total. The Bertz CT molecular complexity index is 1640. The van der Waals surface area contributed by atoms with Crippen LogP contribution in [0.4, 0.5) is 8.78 Å². The highest BCUT2D eigenvalue weighted by Gasteiger charge is 2.28. The van der Waals surface area contributed by atoms with Crippen molar-refractivity contribution < 1.29 is 30.4 Å². The maximum absolute atomic E-state index is 14.2. The number of likely N-dealkylation sites (N-methyl/N-ethyl adjacent to an activating group) is 1. The number of carbonyl (C=O) groups excluding carboxylic acids is 1. The van der Waals surface area contributed by atoms with Crippen molar-refractivity contribution in [1.82, 2.24) is 9.80 Å². The van der Waals surface area contributed by atoms with Gasteiger partial charge in [0.2, 0.25) is 5.91 Å². The van der Waals surface area contributed by atoms with E-state index in [0.29, 0.717) is 25.1 Å². The number of rotatable bonds is 11. The van der Waals surface area contributed by atoms with Gasteiger partial charge >= 0.3 is 0 Å². The van der Waals surface area contributed by atoms with Crippen molar-refractivity contribution in [3.8, 4) is 0 Å². The first-order valence-electron chi connectivity index (χ1n) is 14.3. The summed E-state index contributed by atoms with van der Waals surface area (Å²) < 4.78 is 75.2. The highest BCUT2D eigenvalue weighted by Crippen LogP contribution is 2.31. The molecule has 0 aromatic heterocycles. The number of likely N-dealkylation sites (tertiary alicyclic amines) is 1. The molecule has 0 aliphatic carbocycles. The summed E-state index contributed by atoms with van der Waals surface area (Å²) in [7, 11) is -6.66. The van der Waals surface area contributed by atoms with Gasteiger partial charge in [-0.15, -0.1) is 0 Å². The first-order valence-corrected chi connectivity index (χ1v) is 18.1. The maximum atomic E-state index is 14.2. The zero-order valence-corrected chi connectivity index (χ0v) is 26.3. The number of amides is 1. The molecular weight excluding hydrogens is 594 g/mol. The van der Waals surface area contributed by atoms with E-state index in [1.165, 1.54) is 18.2 Å². The molecule has 3 aromatic carbocycles. The summed E-state index contributed by atoms with van der Waals surface area (Å²) in [6.45, 7) is 4.77. The summed E-state index contributed by atoms with van der Waals surface area (Å²) in [5.41, 5.74) is 2.20. The van der Waals surface area contributed by atoms with Crippen LogP contribution in [0.2, 0.25) is 0 Å². The van der Waals surface area contributed by atoms with Gasteiger partial charge in [-0.2, -0.15) is 0 Å². The van der Waals surface area contributed by atoms with Gasteiger partial charge in [-0.1, -0.05) is 30.3 Å². The van der Waals surface area contributed by atoms with Gasteiger partial charge in [0.1, 0.15) is 0 Å². The number of benzene rings is 3. The molecule has 1 heterocycles. The van der Waals surface area contributed by atoms with Crippen molar-refractivity contribution in [3.63, 3.8) is 0 Å². The first kappa shape index (κ1) is 32.8.